The molecule has 0 radical (unpaired) electrons. The lowest BCUT2D eigenvalue weighted by Gasteiger charge is -2.35. The highest BCUT2D eigenvalue weighted by atomic mass is 35.5. The van der Waals surface area contributed by atoms with Crippen LogP contribution in [0.5, 0.6) is 5.75 Å². The number of halogens is 2. The van der Waals surface area contributed by atoms with E-state index in [4.69, 9.17) is 27.9 Å². The summed E-state index contributed by atoms with van der Waals surface area (Å²) >= 11 is 13.4. The number of amides is 1. The van der Waals surface area contributed by atoms with Crippen LogP contribution >= 0.6 is 23.2 Å². The Balaban J connectivity index is 1.43. The van der Waals surface area contributed by atoms with E-state index in [1.165, 1.54) is 0 Å². The molecule has 0 saturated heterocycles. The molecule has 1 amide bonds. The summed E-state index contributed by atoms with van der Waals surface area (Å²) in [6, 6.07) is 14.4. The van der Waals surface area contributed by atoms with E-state index in [1.807, 2.05) is 81.6 Å². The highest BCUT2D eigenvalue weighted by Crippen LogP contribution is 2.43. The van der Waals surface area contributed by atoms with Crippen LogP contribution in [-0.2, 0) is 26.6 Å². The molecule has 3 aromatic carbocycles. The molecule has 47 heavy (non-hydrogen) atoms. The van der Waals surface area contributed by atoms with Gasteiger partial charge in [0.25, 0.3) is 5.91 Å². The molecule has 0 spiro atoms. The average molecular weight is 674 g/mol. The Bertz CT molecular complexity index is 2040. The van der Waals surface area contributed by atoms with Gasteiger partial charge in [0, 0.05) is 53.4 Å². The van der Waals surface area contributed by atoms with Crippen molar-refractivity contribution in [3.8, 4) is 16.9 Å². The second kappa shape index (κ2) is 12.7. The fourth-order valence-electron chi connectivity index (χ4n) is 6.90. The lowest BCUT2D eigenvalue weighted by Crippen LogP contribution is -2.46. The molecule has 3 heterocycles. The number of aromatic nitrogens is 3. The minimum absolute atomic E-state index is 0.0951. The molecule has 0 fully saturated rings. The Morgan fingerprint density at radius 2 is 1.77 bits per heavy atom. The van der Waals surface area contributed by atoms with E-state index in [2.05, 4.69) is 9.67 Å². The molecule has 10 heteroatoms. The smallest absolute Gasteiger partial charge is 0.335 e. The summed E-state index contributed by atoms with van der Waals surface area (Å²) in [5, 5.41) is 16.6. The van der Waals surface area contributed by atoms with Gasteiger partial charge in [-0.1, -0.05) is 41.4 Å². The van der Waals surface area contributed by atoms with E-state index in [9.17, 15) is 14.7 Å². The van der Waals surface area contributed by atoms with Crippen molar-refractivity contribution < 1.29 is 19.4 Å². The normalized spacial score (nSPS) is 14.6. The number of carboxylic acids is 1. The van der Waals surface area contributed by atoms with Gasteiger partial charge in [-0.05, 0) is 100 Å². The van der Waals surface area contributed by atoms with Gasteiger partial charge in [0.2, 0.25) is 0 Å². The second-order valence-electron chi connectivity index (χ2n) is 12.5. The van der Waals surface area contributed by atoms with E-state index < -0.39 is 5.97 Å². The third-order valence-electron chi connectivity index (χ3n) is 9.26. The van der Waals surface area contributed by atoms with Crippen molar-refractivity contribution in [2.45, 2.75) is 66.6 Å². The average Bonchev–Trinajstić information content (AvgIpc) is 3.47. The van der Waals surface area contributed by atoms with Crippen LogP contribution in [0.4, 0.5) is 0 Å². The molecular weight excluding hydrogens is 635 g/mol. The molecule has 1 aliphatic rings. The van der Waals surface area contributed by atoms with E-state index in [0.29, 0.717) is 43.3 Å². The summed E-state index contributed by atoms with van der Waals surface area (Å²) in [7, 11) is 1.92. The predicted octanol–water partition coefficient (Wildman–Crippen LogP) is 8.34. The second-order valence-corrected chi connectivity index (χ2v) is 13.3. The van der Waals surface area contributed by atoms with Gasteiger partial charge in [0.1, 0.15) is 11.4 Å². The zero-order valence-electron chi connectivity index (χ0n) is 27.4. The fourth-order valence-corrected chi connectivity index (χ4v) is 7.26. The number of carboxylic acid groups (broad SMARTS) is 1. The summed E-state index contributed by atoms with van der Waals surface area (Å²) in [6.07, 6.45) is 1.29. The van der Waals surface area contributed by atoms with Crippen molar-refractivity contribution >= 4 is 46.0 Å². The van der Waals surface area contributed by atoms with E-state index in [1.54, 1.807) is 18.2 Å². The van der Waals surface area contributed by atoms with Crippen LogP contribution < -0.4 is 4.74 Å². The van der Waals surface area contributed by atoms with Crippen LogP contribution in [-0.4, -0.2) is 48.9 Å². The number of hydrogen-bond donors (Lipinski definition) is 1. The summed E-state index contributed by atoms with van der Waals surface area (Å²) in [4.78, 5) is 28.1. The third kappa shape index (κ3) is 5.89. The number of rotatable bonds is 9. The third-order valence-corrected chi connectivity index (χ3v) is 10.2. The van der Waals surface area contributed by atoms with Gasteiger partial charge in [-0.15, -0.1) is 0 Å². The summed E-state index contributed by atoms with van der Waals surface area (Å²) in [5.41, 5.74) is 9.12. The van der Waals surface area contributed by atoms with Crippen LogP contribution in [0.3, 0.4) is 0 Å². The van der Waals surface area contributed by atoms with Crippen LogP contribution in [0.15, 0.2) is 48.5 Å². The van der Waals surface area contributed by atoms with E-state index in [0.717, 1.165) is 66.4 Å². The van der Waals surface area contributed by atoms with Gasteiger partial charge in [-0.2, -0.15) is 5.10 Å². The lowest BCUT2D eigenvalue weighted by atomic mass is 9.98. The minimum Gasteiger partial charge on any atom is -0.494 e. The van der Waals surface area contributed by atoms with Crippen molar-refractivity contribution in [1.82, 2.24) is 19.2 Å². The van der Waals surface area contributed by atoms with Gasteiger partial charge in [-0.3, -0.25) is 9.48 Å². The molecule has 5 aromatic rings. The first kappa shape index (κ1) is 32.7. The van der Waals surface area contributed by atoms with Crippen LogP contribution in [0, 0.1) is 27.7 Å². The zero-order chi connectivity index (χ0) is 33.7. The van der Waals surface area contributed by atoms with E-state index >= 15 is 0 Å². The first-order valence-corrected chi connectivity index (χ1v) is 16.5. The zero-order valence-corrected chi connectivity index (χ0v) is 29.0. The Morgan fingerprint density at radius 1 is 1.04 bits per heavy atom. The maximum atomic E-state index is 14.6. The fraction of sp³-hybridized carbons (Fsp3) is 0.324. The number of aryl methyl sites for hydroxylation is 5. The van der Waals surface area contributed by atoms with Gasteiger partial charge in [0.05, 0.1) is 28.4 Å². The standard InChI is InChI=1S/C37H38Cl2N4O4/c1-20-15-27(16-21(2)33(20)39)47-14-8-11-28-29-12-13-30(38)32(31-23(4)40-41(6)24(31)5)34(29)43-18-22(3)42(36(44)35(28)43)19-25-9-7-10-26(17-25)37(45)46/h7,9-10,12-13,15-17,22H,8,11,14,18-19H2,1-6H3,(H,45,46)/t22-/m0/s1. The van der Waals surface area contributed by atoms with Crippen LogP contribution in [0.25, 0.3) is 22.0 Å². The first-order chi connectivity index (χ1) is 22.4. The molecule has 0 bridgehead atoms. The lowest BCUT2D eigenvalue weighted by molar-refractivity contribution is 0.0597. The van der Waals surface area contributed by atoms with Crippen molar-refractivity contribution in [2.24, 2.45) is 7.05 Å². The van der Waals surface area contributed by atoms with Crippen LogP contribution in [0.1, 0.15) is 67.8 Å². The van der Waals surface area contributed by atoms with Crippen molar-refractivity contribution in [3.05, 3.63) is 103 Å². The number of aromatic carboxylic acids is 1. The SMILES string of the molecule is Cc1cc(OCCCc2c3n(c4c(-c5c(C)nn(C)c5C)c(Cl)ccc24)C[C@H](C)N(Cc2cccc(C(=O)O)c2)C3=O)cc(C)c1Cl. The maximum absolute atomic E-state index is 14.6. The number of benzene rings is 3. The topological polar surface area (TPSA) is 89.6 Å². The number of carbonyl (C=O) groups excluding carboxylic acids is 1. The minimum atomic E-state index is -0.996. The Kier molecular flexibility index (Phi) is 8.85. The van der Waals surface area contributed by atoms with Crippen molar-refractivity contribution in [2.75, 3.05) is 6.61 Å². The quantitative estimate of drug-likeness (QED) is 0.159. The summed E-state index contributed by atoms with van der Waals surface area (Å²) < 4.78 is 10.2. The molecule has 0 aliphatic carbocycles. The molecule has 8 nitrogen and oxygen atoms in total. The number of ether oxygens (including phenoxy) is 1. The monoisotopic (exact) mass is 672 g/mol. The maximum Gasteiger partial charge on any atom is 0.335 e. The molecule has 2 aromatic heterocycles. The molecule has 1 N–H and O–H groups in total. The van der Waals surface area contributed by atoms with Crippen molar-refractivity contribution in [1.29, 1.82) is 0 Å². The molecule has 1 atom stereocenters. The van der Waals surface area contributed by atoms with E-state index in [-0.39, 0.29) is 17.5 Å². The van der Waals surface area contributed by atoms with Gasteiger partial charge >= 0.3 is 5.97 Å². The highest BCUT2D eigenvalue weighted by Gasteiger charge is 2.36. The number of fused-ring (bicyclic) bond motifs is 3. The predicted molar refractivity (Wildman–Crippen MR) is 186 cm³/mol. The largest absolute Gasteiger partial charge is 0.494 e. The number of nitrogens with zero attached hydrogens (tertiary/aromatic N) is 4. The van der Waals surface area contributed by atoms with Gasteiger partial charge in [-0.25, -0.2) is 4.79 Å². The van der Waals surface area contributed by atoms with Crippen molar-refractivity contribution in [3.63, 3.8) is 0 Å². The summed E-state index contributed by atoms with van der Waals surface area (Å²) in [5.74, 6) is -0.324. The summed E-state index contributed by atoms with van der Waals surface area (Å²) in [6.45, 7) is 11.3. The van der Waals surface area contributed by atoms with Gasteiger partial charge < -0.3 is 19.3 Å². The molecule has 0 saturated carbocycles. The van der Waals surface area contributed by atoms with Gasteiger partial charge in [0.15, 0.2) is 0 Å². The highest BCUT2D eigenvalue weighted by molar-refractivity contribution is 6.35. The van der Waals surface area contributed by atoms with Crippen LogP contribution in [0.2, 0.25) is 10.0 Å². The molecular formula is C37H38Cl2N4O4. The molecule has 0 unspecified atom stereocenters. The number of hydrogen-bond acceptors (Lipinski definition) is 4. The first-order valence-electron chi connectivity index (χ1n) is 15.7. The Morgan fingerprint density at radius 3 is 2.43 bits per heavy atom. The Hall–Kier alpha value is -4.27. The molecule has 6 rings (SSSR count). The molecule has 244 valence electrons. The Labute approximate surface area is 284 Å². The molecule has 1 aliphatic heterocycles. The number of carbonyl (C=O) groups is 2.